The van der Waals surface area contributed by atoms with Gasteiger partial charge in [-0.2, -0.15) is 0 Å². The third kappa shape index (κ3) is 4.08. The zero-order chi connectivity index (χ0) is 16.9. The van der Waals surface area contributed by atoms with E-state index in [9.17, 15) is 4.79 Å². The highest BCUT2D eigenvalue weighted by Crippen LogP contribution is 2.18. The van der Waals surface area contributed by atoms with Crippen LogP contribution in [0, 0.1) is 0 Å². The summed E-state index contributed by atoms with van der Waals surface area (Å²) in [6.45, 7) is 3.31. The smallest absolute Gasteiger partial charge is 0.316 e. The minimum Gasteiger partial charge on any atom is -0.458 e. The van der Waals surface area contributed by atoms with Crippen molar-refractivity contribution >= 4 is 21.8 Å². The number of hydrogen-bond donors (Lipinski definition) is 0. The lowest BCUT2D eigenvalue weighted by atomic mass is 10.1. The number of nitrogens with zero attached hydrogens (tertiary/aromatic N) is 4. The number of likely N-dealkylation sites (tertiary alicyclic amines) is 1. The minimum atomic E-state index is -0.0877. The second-order valence-corrected chi connectivity index (χ2v) is 6.67. The third-order valence-electron chi connectivity index (χ3n) is 3.98. The van der Waals surface area contributed by atoms with Gasteiger partial charge in [-0.05, 0) is 46.8 Å². The molecule has 2 aromatic rings. The van der Waals surface area contributed by atoms with Crippen LogP contribution in [0.25, 0.3) is 0 Å². The average Bonchev–Trinajstić information content (AvgIpc) is 2.62. The predicted molar refractivity (Wildman–Crippen MR) is 92.9 cm³/mol. The molecular formula is C17H19BrN4O2. The molecule has 0 bridgehead atoms. The van der Waals surface area contributed by atoms with Crippen LogP contribution in [0.3, 0.4) is 0 Å². The number of carbonyl (C=O) groups is 1. The molecule has 1 unspecified atom stereocenters. The van der Waals surface area contributed by atoms with Gasteiger partial charge in [0.25, 0.3) is 5.91 Å². The largest absolute Gasteiger partial charge is 0.458 e. The maximum atomic E-state index is 12.6. The van der Waals surface area contributed by atoms with Gasteiger partial charge in [-0.25, -0.2) is 9.97 Å². The Morgan fingerprint density at radius 2 is 2.12 bits per heavy atom. The van der Waals surface area contributed by atoms with E-state index in [1.807, 2.05) is 0 Å². The average molecular weight is 391 g/mol. The Hall–Kier alpha value is -2.02. The first-order valence-electron chi connectivity index (χ1n) is 8.03. The number of halogens is 1. The fourth-order valence-electron chi connectivity index (χ4n) is 2.67. The minimum absolute atomic E-state index is 0.0284. The van der Waals surface area contributed by atoms with Crippen LogP contribution in [0.4, 0.5) is 0 Å². The van der Waals surface area contributed by atoms with E-state index in [0.29, 0.717) is 18.1 Å². The van der Waals surface area contributed by atoms with E-state index in [4.69, 9.17) is 4.74 Å². The summed E-state index contributed by atoms with van der Waals surface area (Å²) in [7, 11) is 0. The number of rotatable bonds is 4. The van der Waals surface area contributed by atoms with Gasteiger partial charge in [0.1, 0.15) is 6.10 Å². The molecule has 1 aliphatic rings. The first-order valence-corrected chi connectivity index (χ1v) is 8.82. The molecular weight excluding hydrogens is 372 g/mol. The summed E-state index contributed by atoms with van der Waals surface area (Å²) in [4.78, 5) is 26.9. The van der Waals surface area contributed by atoms with E-state index in [1.54, 1.807) is 35.8 Å². The number of aryl methyl sites for hydroxylation is 1. The molecule has 0 saturated carbocycles. The molecule has 3 heterocycles. The van der Waals surface area contributed by atoms with Crippen molar-refractivity contribution in [2.75, 3.05) is 13.1 Å². The summed E-state index contributed by atoms with van der Waals surface area (Å²) in [6.07, 6.45) is 9.40. The molecule has 0 spiro atoms. The molecule has 7 heteroatoms. The SMILES string of the molecule is CCc1cnc(OC2CCCN(C(=O)c3cncc(Br)c3)C2)nc1. The van der Waals surface area contributed by atoms with Crippen molar-refractivity contribution in [3.63, 3.8) is 0 Å². The molecule has 1 amide bonds. The maximum Gasteiger partial charge on any atom is 0.316 e. The van der Waals surface area contributed by atoms with Crippen LogP contribution in [-0.4, -0.2) is 45.0 Å². The van der Waals surface area contributed by atoms with Gasteiger partial charge >= 0.3 is 6.01 Å². The van der Waals surface area contributed by atoms with Crippen molar-refractivity contribution in [1.29, 1.82) is 0 Å². The maximum absolute atomic E-state index is 12.6. The lowest BCUT2D eigenvalue weighted by molar-refractivity contribution is 0.0515. The number of aromatic nitrogens is 3. The van der Waals surface area contributed by atoms with Crippen LogP contribution in [-0.2, 0) is 6.42 Å². The molecule has 0 aliphatic carbocycles. The van der Waals surface area contributed by atoms with Gasteiger partial charge in [0, 0.05) is 35.8 Å². The Morgan fingerprint density at radius 3 is 2.83 bits per heavy atom. The van der Waals surface area contributed by atoms with Crippen LogP contribution in [0.15, 0.2) is 35.3 Å². The van der Waals surface area contributed by atoms with Crippen LogP contribution in [0.1, 0.15) is 35.7 Å². The number of carbonyl (C=O) groups excluding carboxylic acids is 1. The fourth-order valence-corrected chi connectivity index (χ4v) is 3.03. The predicted octanol–water partition coefficient (Wildman–Crippen LogP) is 2.88. The van der Waals surface area contributed by atoms with Crippen LogP contribution in [0.2, 0.25) is 0 Å². The molecule has 3 rings (SSSR count). The Kier molecular flexibility index (Phi) is 5.40. The number of hydrogen-bond acceptors (Lipinski definition) is 5. The molecule has 0 aromatic carbocycles. The third-order valence-corrected chi connectivity index (χ3v) is 4.41. The molecule has 1 saturated heterocycles. The normalized spacial score (nSPS) is 17.6. The van der Waals surface area contributed by atoms with E-state index >= 15 is 0 Å². The molecule has 6 nitrogen and oxygen atoms in total. The molecule has 126 valence electrons. The Morgan fingerprint density at radius 1 is 1.33 bits per heavy atom. The van der Waals surface area contributed by atoms with Crippen molar-refractivity contribution in [3.8, 4) is 6.01 Å². The van der Waals surface area contributed by atoms with Crippen molar-refractivity contribution in [1.82, 2.24) is 19.9 Å². The van der Waals surface area contributed by atoms with E-state index in [1.165, 1.54) is 0 Å². The van der Waals surface area contributed by atoms with Crippen LogP contribution in [0.5, 0.6) is 6.01 Å². The highest BCUT2D eigenvalue weighted by Gasteiger charge is 2.26. The zero-order valence-electron chi connectivity index (χ0n) is 13.5. The summed E-state index contributed by atoms with van der Waals surface area (Å²) < 4.78 is 6.65. The summed E-state index contributed by atoms with van der Waals surface area (Å²) in [6, 6.07) is 2.16. The van der Waals surface area contributed by atoms with Crippen molar-refractivity contribution in [2.24, 2.45) is 0 Å². The molecule has 2 aromatic heterocycles. The molecule has 0 N–H and O–H groups in total. The second-order valence-electron chi connectivity index (χ2n) is 5.75. The second kappa shape index (κ2) is 7.70. The van der Waals surface area contributed by atoms with Crippen molar-refractivity contribution < 1.29 is 9.53 Å². The summed E-state index contributed by atoms with van der Waals surface area (Å²) >= 11 is 3.35. The van der Waals surface area contributed by atoms with Crippen molar-refractivity contribution in [3.05, 3.63) is 46.5 Å². The lowest BCUT2D eigenvalue weighted by Gasteiger charge is -2.32. The van der Waals surface area contributed by atoms with Gasteiger partial charge in [-0.15, -0.1) is 0 Å². The van der Waals surface area contributed by atoms with E-state index in [0.717, 1.165) is 35.8 Å². The summed E-state index contributed by atoms with van der Waals surface area (Å²) in [5.41, 5.74) is 1.65. The summed E-state index contributed by atoms with van der Waals surface area (Å²) in [5, 5.41) is 0. The standard InChI is InChI=1S/C17H19BrN4O2/c1-2-12-7-20-17(21-8-12)24-15-4-3-5-22(11-15)16(23)13-6-14(18)10-19-9-13/h6-10,15H,2-5,11H2,1H3. The van der Waals surface area contributed by atoms with E-state index in [-0.39, 0.29) is 12.0 Å². The molecule has 1 atom stereocenters. The van der Waals surface area contributed by atoms with Crippen LogP contribution < -0.4 is 4.74 Å². The number of pyridine rings is 1. The number of ether oxygens (including phenoxy) is 1. The Bertz CT molecular complexity index is 708. The lowest BCUT2D eigenvalue weighted by Crippen LogP contribution is -2.44. The quantitative estimate of drug-likeness (QED) is 0.802. The zero-order valence-corrected chi connectivity index (χ0v) is 15.1. The Balaban J connectivity index is 1.64. The van der Waals surface area contributed by atoms with Gasteiger partial charge in [-0.3, -0.25) is 9.78 Å². The van der Waals surface area contributed by atoms with Crippen molar-refractivity contribution in [2.45, 2.75) is 32.3 Å². The number of piperidine rings is 1. The Labute approximate surface area is 149 Å². The molecule has 24 heavy (non-hydrogen) atoms. The molecule has 1 aliphatic heterocycles. The fraction of sp³-hybridized carbons (Fsp3) is 0.412. The first kappa shape index (κ1) is 16.8. The van der Waals surface area contributed by atoms with Gasteiger partial charge in [0.05, 0.1) is 12.1 Å². The monoisotopic (exact) mass is 390 g/mol. The summed E-state index contributed by atoms with van der Waals surface area (Å²) in [5.74, 6) is -0.0284. The highest BCUT2D eigenvalue weighted by atomic mass is 79.9. The van der Waals surface area contributed by atoms with Gasteiger partial charge in [0.2, 0.25) is 0 Å². The topological polar surface area (TPSA) is 68.2 Å². The highest BCUT2D eigenvalue weighted by molar-refractivity contribution is 9.10. The van der Waals surface area contributed by atoms with Crippen LogP contribution >= 0.6 is 15.9 Å². The first-order chi connectivity index (χ1) is 11.7. The van der Waals surface area contributed by atoms with Gasteiger partial charge < -0.3 is 9.64 Å². The van der Waals surface area contributed by atoms with E-state index in [2.05, 4.69) is 37.8 Å². The molecule has 1 fully saturated rings. The van der Waals surface area contributed by atoms with Gasteiger partial charge in [-0.1, -0.05) is 6.92 Å². The van der Waals surface area contributed by atoms with Gasteiger partial charge in [0.15, 0.2) is 0 Å². The molecule has 0 radical (unpaired) electrons. The number of amides is 1. The van der Waals surface area contributed by atoms with E-state index < -0.39 is 0 Å².